The van der Waals surface area contributed by atoms with Crippen molar-refractivity contribution in [1.82, 2.24) is 4.90 Å². The maximum absolute atomic E-state index is 12.0. The molecule has 0 saturated carbocycles. The van der Waals surface area contributed by atoms with Gasteiger partial charge in [0.05, 0.1) is 12.5 Å². The highest BCUT2D eigenvalue weighted by Crippen LogP contribution is 2.09. The van der Waals surface area contributed by atoms with Crippen LogP contribution < -0.4 is 0 Å². The summed E-state index contributed by atoms with van der Waals surface area (Å²) in [6.07, 6.45) is 1.26. The SMILES string of the molecule is CCCN(CC#N)C(=O)Cc1ccccc1C. The highest BCUT2D eigenvalue weighted by atomic mass is 16.2. The summed E-state index contributed by atoms with van der Waals surface area (Å²) in [5.74, 6) is 0.0303. The van der Waals surface area contributed by atoms with Gasteiger partial charge in [-0.2, -0.15) is 5.26 Å². The van der Waals surface area contributed by atoms with Crippen LogP contribution in [0.3, 0.4) is 0 Å². The van der Waals surface area contributed by atoms with E-state index in [4.69, 9.17) is 5.26 Å². The second kappa shape index (κ2) is 6.70. The van der Waals surface area contributed by atoms with E-state index in [0.29, 0.717) is 13.0 Å². The Morgan fingerprint density at radius 1 is 1.41 bits per heavy atom. The Labute approximate surface area is 103 Å². The summed E-state index contributed by atoms with van der Waals surface area (Å²) < 4.78 is 0. The predicted molar refractivity (Wildman–Crippen MR) is 67.4 cm³/mol. The van der Waals surface area contributed by atoms with E-state index < -0.39 is 0 Å². The molecule has 0 heterocycles. The van der Waals surface area contributed by atoms with Gasteiger partial charge in [-0.05, 0) is 24.5 Å². The van der Waals surface area contributed by atoms with Crippen LogP contribution >= 0.6 is 0 Å². The molecular formula is C14H18N2O. The average Bonchev–Trinajstić information content (AvgIpc) is 2.32. The average molecular weight is 230 g/mol. The molecule has 0 saturated heterocycles. The molecule has 0 aliphatic rings. The standard InChI is InChI=1S/C14H18N2O/c1-3-9-16(10-8-15)14(17)11-13-7-5-4-6-12(13)2/h4-7H,3,9-11H2,1-2H3. The number of aryl methyl sites for hydroxylation is 1. The van der Waals surface area contributed by atoms with Gasteiger partial charge in [-0.1, -0.05) is 31.2 Å². The highest BCUT2D eigenvalue weighted by molar-refractivity contribution is 5.79. The minimum absolute atomic E-state index is 0.0303. The normalized spacial score (nSPS) is 9.71. The predicted octanol–water partition coefficient (Wildman–Crippen LogP) is 2.30. The van der Waals surface area contributed by atoms with Crippen LogP contribution in [0.15, 0.2) is 24.3 Å². The van der Waals surface area contributed by atoms with Crippen LogP contribution in [-0.4, -0.2) is 23.9 Å². The van der Waals surface area contributed by atoms with Crippen molar-refractivity contribution in [3.8, 4) is 6.07 Å². The molecule has 0 aromatic heterocycles. The lowest BCUT2D eigenvalue weighted by atomic mass is 10.1. The van der Waals surface area contributed by atoms with Crippen molar-refractivity contribution in [3.63, 3.8) is 0 Å². The first-order valence-corrected chi connectivity index (χ1v) is 5.88. The molecular weight excluding hydrogens is 212 g/mol. The molecule has 0 radical (unpaired) electrons. The van der Waals surface area contributed by atoms with Crippen LogP contribution in [-0.2, 0) is 11.2 Å². The molecule has 0 atom stereocenters. The van der Waals surface area contributed by atoms with E-state index in [2.05, 4.69) is 0 Å². The minimum Gasteiger partial charge on any atom is -0.329 e. The molecule has 0 fully saturated rings. The Balaban J connectivity index is 2.70. The second-order valence-electron chi connectivity index (χ2n) is 4.08. The maximum atomic E-state index is 12.0. The molecule has 1 rings (SSSR count). The molecule has 0 unspecified atom stereocenters. The number of nitriles is 1. The van der Waals surface area contributed by atoms with Crippen LogP contribution in [0, 0.1) is 18.3 Å². The Kier molecular flexibility index (Phi) is 5.22. The Morgan fingerprint density at radius 3 is 2.71 bits per heavy atom. The van der Waals surface area contributed by atoms with E-state index >= 15 is 0 Å². The lowest BCUT2D eigenvalue weighted by molar-refractivity contribution is -0.129. The fraction of sp³-hybridized carbons (Fsp3) is 0.429. The number of benzene rings is 1. The molecule has 90 valence electrons. The third-order valence-corrected chi connectivity index (χ3v) is 2.71. The van der Waals surface area contributed by atoms with E-state index in [1.54, 1.807) is 4.90 Å². The maximum Gasteiger partial charge on any atom is 0.227 e. The third-order valence-electron chi connectivity index (χ3n) is 2.71. The number of amides is 1. The molecule has 3 heteroatoms. The van der Waals surface area contributed by atoms with Crippen LogP contribution in [0.25, 0.3) is 0 Å². The molecule has 0 aliphatic heterocycles. The summed E-state index contributed by atoms with van der Waals surface area (Å²) in [5, 5.41) is 8.69. The molecule has 1 aromatic rings. The minimum atomic E-state index is 0.0303. The Bertz CT molecular complexity index is 420. The number of carbonyl (C=O) groups is 1. The summed E-state index contributed by atoms with van der Waals surface area (Å²) in [6.45, 7) is 4.83. The second-order valence-corrected chi connectivity index (χ2v) is 4.08. The van der Waals surface area contributed by atoms with Gasteiger partial charge in [0.25, 0.3) is 0 Å². The fourth-order valence-electron chi connectivity index (χ4n) is 1.73. The molecule has 17 heavy (non-hydrogen) atoms. The van der Waals surface area contributed by atoms with E-state index in [1.165, 1.54) is 0 Å². The topological polar surface area (TPSA) is 44.1 Å². The van der Waals surface area contributed by atoms with E-state index in [0.717, 1.165) is 17.5 Å². The number of hydrogen-bond acceptors (Lipinski definition) is 2. The molecule has 1 aromatic carbocycles. The first-order valence-electron chi connectivity index (χ1n) is 5.88. The summed E-state index contributed by atoms with van der Waals surface area (Å²) in [7, 11) is 0. The van der Waals surface area contributed by atoms with Crippen molar-refractivity contribution in [2.45, 2.75) is 26.7 Å². The first-order chi connectivity index (χ1) is 8.19. The van der Waals surface area contributed by atoms with E-state index in [-0.39, 0.29) is 12.5 Å². The van der Waals surface area contributed by atoms with Crippen molar-refractivity contribution in [1.29, 1.82) is 5.26 Å². The number of carbonyl (C=O) groups excluding carboxylic acids is 1. The van der Waals surface area contributed by atoms with Gasteiger partial charge in [-0.15, -0.1) is 0 Å². The van der Waals surface area contributed by atoms with Crippen molar-refractivity contribution in [2.75, 3.05) is 13.1 Å². The van der Waals surface area contributed by atoms with Crippen molar-refractivity contribution >= 4 is 5.91 Å². The van der Waals surface area contributed by atoms with Crippen molar-refractivity contribution in [3.05, 3.63) is 35.4 Å². The molecule has 0 N–H and O–H groups in total. The zero-order valence-corrected chi connectivity index (χ0v) is 10.4. The summed E-state index contributed by atoms with van der Waals surface area (Å²) in [6, 6.07) is 9.89. The van der Waals surface area contributed by atoms with Gasteiger partial charge >= 0.3 is 0 Å². The lowest BCUT2D eigenvalue weighted by Gasteiger charge is -2.19. The Hall–Kier alpha value is -1.82. The van der Waals surface area contributed by atoms with Gasteiger partial charge in [0.2, 0.25) is 5.91 Å². The number of hydrogen-bond donors (Lipinski definition) is 0. The van der Waals surface area contributed by atoms with Gasteiger partial charge in [-0.25, -0.2) is 0 Å². The van der Waals surface area contributed by atoms with Crippen molar-refractivity contribution in [2.24, 2.45) is 0 Å². The largest absolute Gasteiger partial charge is 0.329 e. The van der Waals surface area contributed by atoms with Crippen LogP contribution in [0.2, 0.25) is 0 Å². The van der Waals surface area contributed by atoms with Crippen LogP contribution in [0.1, 0.15) is 24.5 Å². The van der Waals surface area contributed by atoms with Crippen LogP contribution in [0.5, 0.6) is 0 Å². The molecule has 3 nitrogen and oxygen atoms in total. The first kappa shape index (κ1) is 13.2. The molecule has 1 amide bonds. The highest BCUT2D eigenvalue weighted by Gasteiger charge is 2.13. The summed E-state index contributed by atoms with van der Waals surface area (Å²) in [5.41, 5.74) is 2.16. The quantitative estimate of drug-likeness (QED) is 0.728. The van der Waals surface area contributed by atoms with Gasteiger partial charge in [0, 0.05) is 6.54 Å². The molecule has 0 bridgehead atoms. The van der Waals surface area contributed by atoms with E-state index in [9.17, 15) is 4.79 Å². The Morgan fingerprint density at radius 2 is 2.12 bits per heavy atom. The third kappa shape index (κ3) is 3.92. The number of nitrogens with zero attached hydrogens (tertiary/aromatic N) is 2. The summed E-state index contributed by atoms with van der Waals surface area (Å²) >= 11 is 0. The van der Waals surface area contributed by atoms with Crippen molar-refractivity contribution < 1.29 is 4.79 Å². The van der Waals surface area contributed by atoms with Gasteiger partial charge in [-0.3, -0.25) is 4.79 Å². The van der Waals surface area contributed by atoms with Gasteiger partial charge < -0.3 is 4.90 Å². The lowest BCUT2D eigenvalue weighted by Crippen LogP contribution is -2.33. The van der Waals surface area contributed by atoms with E-state index in [1.807, 2.05) is 44.2 Å². The zero-order valence-electron chi connectivity index (χ0n) is 10.4. The zero-order chi connectivity index (χ0) is 12.7. The number of rotatable bonds is 5. The monoisotopic (exact) mass is 230 g/mol. The van der Waals surface area contributed by atoms with Gasteiger partial charge in [0.1, 0.15) is 6.54 Å². The summed E-state index contributed by atoms with van der Waals surface area (Å²) in [4.78, 5) is 13.6. The van der Waals surface area contributed by atoms with Crippen LogP contribution in [0.4, 0.5) is 0 Å². The molecule has 0 spiro atoms. The van der Waals surface area contributed by atoms with Gasteiger partial charge in [0.15, 0.2) is 0 Å². The molecule has 0 aliphatic carbocycles. The smallest absolute Gasteiger partial charge is 0.227 e. The fourth-order valence-corrected chi connectivity index (χ4v) is 1.73.